The lowest BCUT2D eigenvalue weighted by Gasteiger charge is -2.06. The maximum atomic E-state index is 5.63. The Morgan fingerprint density at radius 2 is 2.00 bits per heavy atom. The quantitative estimate of drug-likeness (QED) is 0.771. The van der Waals surface area contributed by atoms with Crippen LogP contribution in [0.5, 0.6) is 0 Å². The van der Waals surface area contributed by atoms with Crippen molar-refractivity contribution in [3.63, 3.8) is 0 Å². The zero-order chi connectivity index (χ0) is 11.5. The molecule has 0 spiro atoms. The first kappa shape index (κ1) is 10.5. The average molecular weight is 216 g/mol. The van der Waals surface area contributed by atoms with Crippen LogP contribution in [-0.2, 0) is 13.6 Å². The Kier molecular flexibility index (Phi) is 2.81. The van der Waals surface area contributed by atoms with E-state index in [-0.39, 0.29) is 0 Å². The lowest BCUT2D eigenvalue weighted by Crippen LogP contribution is -2.04. The monoisotopic (exact) mass is 216 g/mol. The zero-order valence-corrected chi connectivity index (χ0v) is 9.57. The van der Waals surface area contributed by atoms with Crippen LogP contribution in [0.3, 0.4) is 0 Å². The van der Waals surface area contributed by atoms with Crippen LogP contribution in [0, 0.1) is 6.92 Å². The first-order valence-electron chi connectivity index (χ1n) is 5.24. The van der Waals surface area contributed by atoms with Crippen LogP contribution >= 0.6 is 0 Å². The van der Waals surface area contributed by atoms with E-state index in [1.54, 1.807) is 0 Å². The molecule has 16 heavy (non-hydrogen) atoms. The number of nitrogens with two attached hydrogens (primary N) is 1. The van der Waals surface area contributed by atoms with Crippen molar-refractivity contribution in [3.05, 3.63) is 41.6 Å². The van der Waals surface area contributed by atoms with Gasteiger partial charge in [0.15, 0.2) is 0 Å². The van der Waals surface area contributed by atoms with Gasteiger partial charge in [0.25, 0.3) is 0 Å². The van der Waals surface area contributed by atoms with Crippen LogP contribution in [0.4, 0.5) is 11.5 Å². The summed E-state index contributed by atoms with van der Waals surface area (Å²) in [6.07, 6.45) is 0. The van der Waals surface area contributed by atoms with E-state index in [1.807, 2.05) is 49.0 Å². The summed E-state index contributed by atoms with van der Waals surface area (Å²) in [5.74, 6) is 1.02. The topological polar surface area (TPSA) is 55.9 Å². The fourth-order valence-corrected chi connectivity index (χ4v) is 1.60. The third kappa shape index (κ3) is 2.34. The summed E-state index contributed by atoms with van der Waals surface area (Å²) in [7, 11) is 1.93. The van der Waals surface area contributed by atoms with E-state index >= 15 is 0 Å². The van der Waals surface area contributed by atoms with Crippen molar-refractivity contribution in [2.45, 2.75) is 13.5 Å². The van der Waals surface area contributed by atoms with Gasteiger partial charge in [-0.3, -0.25) is 4.68 Å². The summed E-state index contributed by atoms with van der Waals surface area (Å²) >= 11 is 0. The largest absolute Gasteiger partial charge is 0.399 e. The van der Waals surface area contributed by atoms with E-state index in [9.17, 15) is 0 Å². The van der Waals surface area contributed by atoms with Crippen LogP contribution in [0.15, 0.2) is 30.3 Å². The lowest BCUT2D eigenvalue weighted by molar-refractivity contribution is 0.758. The molecule has 0 aliphatic rings. The maximum Gasteiger partial charge on any atom is 0.124 e. The van der Waals surface area contributed by atoms with Gasteiger partial charge >= 0.3 is 0 Å². The molecule has 0 radical (unpaired) electrons. The molecular formula is C12H16N4. The molecule has 1 aromatic carbocycles. The number of hydrogen-bond acceptors (Lipinski definition) is 3. The second kappa shape index (κ2) is 4.26. The molecule has 0 saturated carbocycles. The molecule has 1 heterocycles. The van der Waals surface area contributed by atoms with E-state index in [0.717, 1.165) is 23.7 Å². The summed E-state index contributed by atoms with van der Waals surface area (Å²) in [5.41, 5.74) is 8.64. The fraction of sp³-hybridized carbons (Fsp3) is 0.250. The summed E-state index contributed by atoms with van der Waals surface area (Å²) in [6, 6.07) is 9.88. The van der Waals surface area contributed by atoms with Crippen molar-refractivity contribution < 1.29 is 0 Å². The van der Waals surface area contributed by atoms with Gasteiger partial charge in [-0.2, -0.15) is 5.10 Å². The summed E-state index contributed by atoms with van der Waals surface area (Å²) in [4.78, 5) is 0. The van der Waals surface area contributed by atoms with Gasteiger partial charge in [0, 0.05) is 25.3 Å². The minimum absolute atomic E-state index is 0.777. The number of nitrogens with zero attached hydrogens (tertiary/aromatic N) is 2. The highest BCUT2D eigenvalue weighted by atomic mass is 15.3. The molecule has 2 rings (SSSR count). The standard InChI is InChI=1S/C12H16N4/c1-9-7-12(16(2)15-9)14-8-10-3-5-11(13)6-4-10/h3-7,14H,8,13H2,1-2H3. The highest BCUT2D eigenvalue weighted by Crippen LogP contribution is 2.11. The predicted octanol–water partition coefficient (Wildman–Crippen LogP) is 1.92. The first-order chi connectivity index (χ1) is 7.65. The normalized spacial score (nSPS) is 10.4. The van der Waals surface area contributed by atoms with Crippen molar-refractivity contribution in [1.82, 2.24) is 9.78 Å². The van der Waals surface area contributed by atoms with E-state index in [0.29, 0.717) is 0 Å². The third-order valence-corrected chi connectivity index (χ3v) is 2.46. The zero-order valence-electron chi connectivity index (χ0n) is 9.57. The molecule has 1 aromatic heterocycles. The molecule has 0 aliphatic heterocycles. The molecule has 0 fully saturated rings. The number of aromatic nitrogens is 2. The van der Waals surface area contributed by atoms with Crippen molar-refractivity contribution in [2.75, 3.05) is 11.1 Å². The second-order valence-corrected chi connectivity index (χ2v) is 3.89. The number of rotatable bonds is 3. The minimum Gasteiger partial charge on any atom is -0.399 e. The molecule has 0 unspecified atom stereocenters. The molecule has 0 amide bonds. The Balaban J connectivity index is 2.02. The number of anilines is 2. The summed E-state index contributed by atoms with van der Waals surface area (Å²) < 4.78 is 1.84. The predicted molar refractivity (Wildman–Crippen MR) is 66.1 cm³/mol. The maximum absolute atomic E-state index is 5.63. The Bertz CT molecular complexity index is 470. The van der Waals surface area contributed by atoms with Crippen LogP contribution in [-0.4, -0.2) is 9.78 Å². The molecule has 84 valence electrons. The first-order valence-corrected chi connectivity index (χ1v) is 5.24. The lowest BCUT2D eigenvalue weighted by atomic mass is 10.2. The van der Waals surface area contributed by atoms with Gasteiger partial charge in [-0.15, -0.1) is 0 Å². The molecule has 2 aromatic rings. The molecule has 0 aliphatic carbocycles. The molecule has 0 saturated heterocycles. The molecular weight excluding hydrogens is 200 g/mol. The van der Waals surface area contributed by atoms with Crippen LogP contribution in [0.2, 0.25) is 0 Å². The van der Waals surface area contributed by atoms with E-state index in [4.69, 9.17) is 5.73 Å². The van der Waals surface area contributed by atoms with Gasteiger partial charge in [0.2, 0.25) is 0 Å². The molecule has 4 heteroatoms. The number of aryl methyl sites for hydroxylation is 2. The van der Waals surface area contributed by atoms with Crippen molar-refractivity contribution in [3.8, 4) is 0 Å². The Labute approximate surface area is 95.1 Å². The highest BCUT2D eigenvalue weighted by molar-refractivity contribution is 5.42. The Hall–Kier alpha value is -1.97. The Morgan fingerprint density at radius 1 is 1.31 bits per heavy atom. The molecule has 0 atom stereocenters. The summed E-state index contributed by atoms with van der Waals surface area (Å²) in [5, 5.41) is 7.60. The van der Waals surface area contributed by atoms with Crippen molar-refractivity contribution in [1.29, 1.82) is 0 Å². The number of hydrogen-bond donors (Lipinski definition) is 2. The highest BCUT2D eigenvalue weighted by Gasteiger charge is 2.00. The van der Waals surface area contributed by atoms with Gasteiger partial charge in [-0.1, -0.05) is 12.1 Å². The number of benzene rings is 1. The van der Waals surface area contributed by atoms with Gasteiger partial charge in [0.1, 0.15) is 5.82 Å². The number of nitrogens with one attached hydrogen (secondary N) is 1. The van der Waals surface area contributed by atoms with E-state index in [2.05, 4.69) is 10.4 Å². The minimum atomic E-state index is 0.777. The fourth-order valence-electron chi connectivity index (χ4n) is 1.60. The van der Waals surface area contributed by atoms with E-state index < -0.39 is 0 Å². The SMILES string of the molecule is Cc1cc(NCc2ccc(N)cc2)n(C)n1. The van der Waals surface area contributed by atoms with Crippen LogP contribution in [0.25, 0.3) is 0 Å². The summed E-state index contributed by atoms with van der Waals surface area (Å²) in [6.45, 7) is 2.76. The van der Waals surface area contributed by atoms with Crippen LogP contribution in [0.1, 0.15) is 11.3 Å². The van der Waals surface area contributed by atoms with Gasteiger partial charge in [0.05, 0.1) is 5.69 Å². The van der Waals surface area contributed by atoms with Crippen LogP contribution < -0.4 is 11.1 Å². The third-order valence-electron chi connectivity index (χ3n) is 2.46. The smallest absolute Gasteiger partial charge is 0.124 e. The average Bonchev–Trinajstić information content (AvgIpc) is 2.57. The van der Waals surface area contributed by atoms with Gasteiger partial charge < -0.3 is 11.1 Å². The second-order valence-electron chi connectivity index (χ2n) is 3.89. The van der Waals surface area contributed by atoms with Gasteiger partial charge in [-0.25, -0.2) is 0 Å². The molecule has 3 N–H and O–H groups in total. The van der Waals surface area contributed by atoms with Crippen molar-refractivity contribution >= 4 is 11.5 Å². The molecule has 0 bridgehead atoms. The Morgan fingerprint density at radius 3 is 2.56 bits per heavy atom. The number of nitrogen functional groups attached to an aromatic ring is 1. The van der Waals surface area contributed by atoms with E-state index in [1.165, 1.54) is 5.56 Å². The van der Waals surface area contributed by atoms with Gasteiger partial charge in [-0.05, 0) is 24.6 Å². The molecule has 4 nitrogen and oxygen atoms in total. The van der Waals surface area contributed by atoms with Crippen molar-refractivity contribution in [2.24, 2.45) is 7.05 Å².